The first-order chi connectivity index (χ1) is 13.7. The Morgan fingerprint density at radius 3 is 2.64 bits per heavy atom. The second-order valence-electron chi connectivity index (χ2n) is 6.67. The third kappa shape index (κ3) is 2.58. The second kappa shape index (κ2) is 7.08. The van der Waals surface area contributed by atoms with Crippen LogP contribution in [0.15, 0.2) is 30.3 Å². The molecule has 138 valence electrons. The summed E-state index contributed by atoms with van der Waals surface area (Å²) in [6, 6.07) is 16.4. The van der Waals surface area contributed by atoms with E-state index in [1.807, 2.05) is 42.2 Å². The molecule has 4 rings (SSSR count). The zero-order valence-corrected chi connectivity index (χ0v) is 16.2. The molecule has 7 heteroatoms. The van der Waals surface area contributed by atoms with E-state index in [2.05, 4.69) is 23.2 Å². The lowest BCUT2D eigenvalue weighted by Crippen LogP contribution is -2.47. The van der Waals surface area contributed by atoms with Crippen LogP contribution in [-0.2, 0) is 6.42 Å². The molecule has 1 aromatic carbocycles. The van der Waals surface area contributed by atoms with Crippen LogP contribution in [0.2, 0.25) is 0 Å². The average Bonchev–Trinajstić information content (AvgIpc) is 3.24. The SMILES string of the molecule is CCOc1nc2c(c(-c3ccccc3)c1C#N)CC(C#N)(C#N)C1SCCN21. The van der Waals surface area contributed by atoms with Gasteiger partial charge in [0.2, 0.25) is 5.88 Å². The molecule has 2 aliphatic heterocycles. The van der Waals surface area contributed by atoms with Crippen molar-refractivity contribution in [2.75, 3.05) is 23.8 Å². The molecule has 6 nitrogen and oxygen atoms in total. The van der Waals surface area contributed by atoms with Gasteiger partial charge in [-0.3, -0.25) is 0 Å². The van der Waals surface area contributed by atoms with Gasteiger partial charge in [0.1, 0.15) is 22.8 Å². The smallest absolute Gasteiger partial charge is 0.234 e. The molecule has 2 aromatic rings. The molecule has 1 aromatic heterocycles. The fourth-order valence-corrected chi connectivity index (χ4v) is 5.32. The van der Waals surface area contributed by atoms with Crippen LogP contribution in [-0.4, -0.2) is 29.3 Å². The Balaban J connectivity index is 2.06. The number of rotatable bonds is 3. The van der Waals surface area contributed by atoms with Crippen molar-refractivity contribution in [3.63, 3.8) is 0 Å². The van der Waals surface area contributed by atoms with E-state index in [1.165, 1.54) is 0 Å². The molecule has 3 heterocycles. The summed E-state index contributed by atoms with van der Waals surface area (Å²) in [7, 11) is 0. The Labute approximate surface area is 168 Å². The minimum absolute atomic E-state index is 0.238. The van der Waals surface area contributed by atoms with Crippen LogP contribution in [0.4, 0.5) is 5.82 Å². The highest BCUT2D eigenvalue weighted by Gasteiger charge is 2.52. The normalized spacial score (nSPS) is 18.9. The summed E-state index contributed by atoms with van der Waals surface area (Å²) in [5.41, 5.74) is 1.50. The maximum absolute atomic E-state index is 9.92. The zero-order chi connectivity index (χ0) is 19.7. The first kappa shape index (κ1) is 18.2. The molecule has 0 amide bonds. The molecular weight excluding hydrogens is 370 g/mol. The molecule has 28 heavy (non-hydrogen) atoms. The van der Waals surface area contributed by atoms with Crippen molar-refractivity contribution < 1.29 is 4.74 Å². The van der Waals surface area contributed by atoms with E-state index in [9.17, 15) is 15.8 Å². The summed E-state index contributed by atoms with van der Waals surface area (Å²) in [5, 5.41) is 29.5. The summed E-state index contributed by atoms with van der Waals surface area (Å²) < 4.78 is 5.71. The van der Waals surface area contributed by atoms with Crippen molar-refractivity contribution in [1.82, 2.24) is 4.98 Å². The predicted octanol–water partition coefficient (Wildman–Crippen LogP) is 3.49. The number of nitriles is 3. The van der Waals surface area contributed by atoms with Crippen LogP contribution in [0.1, 0.15) is 18.1 Å². The Hall–Kier alpha value is -3.21. The molecule has 1 atom stereocenters. The van der Waals surface area contributed by atoms with E-state index in [1.54, 1.807) is 11.8 Å². The first-order valence-electron chi connectivity index (χ1n) is 9.05. The standard InChI is InChI=1S/C21H17N5OS/c1-2-27-19-16(11-22)17(14-6-4-3-5-7-14)15-10-21(12-23,13-24)20-26(8-9-28-20)18(15)25-19/h3-7,20H,2,8-10H2,1H3. The number of ether oxygens (including phenoxy) is 1. The van der Waals surface area contributed by atoms with Crippen molar-refractivity contribution in [2.24, 2.45) is 5.41 Å². The van der Waals surface area contributed by atoms with Gasteiger partial charge in [-0.25, -0.2) is 0 Å². The van der Waals surface area contributed by atoms with E-state index < -0.39 is 5.41 Å². The molecule has 1 unspecified atom stereocenters. The van der Waals surface area contributed by atoms with Crippen LogP contribution in [0.3, 0.4) is 0 Å². The average molecular weight is 387 g/mol. The van der Waals surface area contributed by atoms with Gasteiger partial charge in [0.15, 0.2) is 5.41 Å². The third-order valence-corrected chi connectivity index (χ3v) is 6.53. The largest absolute Gasteiger partial charge is 0.477 e. The second-order valence-corrected chi connectivity index (χ2v) is 7.86. The molecule has 0 spiro atoms. The Bertz CT molecular complexity index is 1030. The van der Waals surface area contributed by atoms with Gasteiger partial charge in [0.05, 0.1) is 18.7 Å². The van der Waals surface area contributed by atoms with Gasteiger partial charge in [0, 0.05) is 29.8 Å². The predicted molar refractivity (Wildman–Crippen MR) is 107 cm³/mol. The summed E-state index contributed by atoms with van der Waals surface area (Å²) in [5.74, 6) is 1.85. The van der Waals surface area contributed by atoms with Gasteiger partial charge in [-0.15, -0.1) is 11.8 Å². The Morgan fingerprint density at radius 1 is 1.25 bits per heavy atom. The topological polar surface area (TPSA) is 96.7 Å². The number of anilines is 1. The van der Waals surface area contributed by atoms with Gasteiger partial charge in [-0.05, 0) is 12.5 Å². The minimum Gasteiger partial charge on any atom is -0.477 e. The summed E-state index contributed by atoms with van der Waals surface area (Å²) in [6.07, 6.45) is 0.238. The lowest BCUT2D eigenvalue weighted by atomic mass is 9.77. The Kier molecular flexibility index (Phi) is 4.59. The summed E-state index contributed by atoms with van der Waals surface area (Å²) in [4.78, 5) is 6.72. The highest BCUT2D eigenvalue weighted by molar-refractivity contribution is 8.00. The fraction of sp³-hybridized carbons (Fsp3) is 0.333. The van der Waals surface area contributed by atoms with Crippen molar-refractivity contribution in [3.8, 4) is 35.2 Å². The van der Waals surface area contributed by atoms with Gasteiger partial charge in [-0.2, -0.15) is 20.8 Å². The number of aromatic nitrogens is 1. The first-order valence-corrected chi connectivity index (χ1v) is 10.1. The van der Waals surface area contributed by atoms with Crippen molar-refractivity contribution >= 4 is 17.6 Å². The fourth-order valence-electron chi connectivity index (χ4n) is 3.94. The highest BCUT2D eigenvalue weighted by atomic mass is 32.2. The van der Waals surface area contributed by atoms with Gasteiger partial charge in [-0.1, -0.05) is 30.3 Å². The molecule has 2 aliphatic rings. The van der Waals surface area contributed by atoms with Crippen LogP contribution in [0, 0.1) is 39.4 Å². The number of thioether (sulfide) groups is 1. The van der Waals surface area contributed by atoms with E-state index in [0.29, 0.717) is 30.2 Å². The number of pyridine rings is 1. The molecular formula is C21H17N5OS. The number of hydrogen-bond acceptors (Lipinski definition) is 7. The Morgan fingerprint density at radius 2 is 2.00 bits per heavy atom. The van der Waals surface area contributed by atoms with Crippen molar-refractivity contribution in [2.45, 2.75) is 18.7 Å². The van der Waals surface area contributed by atoms with Crippen LogP contribution < -0.4 is 9.64 Å². The maximum Gasteiger partial charge on any atom is 0.234 e. The highest BCUT2D eigenvalue weighted by Crippen LogP contribution is 2.51. The van der Waals surface area contributed by atoms with Crippen molar-refractivity contribution in [3.05, 3.63) is 41.5 Å². The lowest BCUT2D eigenvalue weighted by Gasteiger charge is -2.40. The number of hydrogen-bond donors (Lipinski definition) is 0. The van der Waals surface area contributed by atoms with E-state index in [4.69, 9.17) is 4.74 Å². The number of nitrogens with zero attached hydrogens (tertiary/aromatic N) is 5. The quantitative estimate of drug-likeness (QED) is 0.795. The van der Waals surface area contributed by atoms with E-state index in [-0.39, 0.29) is 11.8 Å². The summed E-state index contributed by atoms with van der Waals surface area (Å²) >= 11 is 1.61. The van der Waals surface area contributed by atoms with Crippen molar-refractivity contribution in [1.29, 1.82) is 15.8 Å². The number of fused-ring (bicyclic) bond motifs is 3. The van der Waals surface area contributed by atoms with Gasteiger partial charge >= 0.3 is 0 Å². The molecule has 0 N–H and O–H groups in total. The van der Waals surface area contributed by atoms with Crippen LogP contribution >= 0.6 is 11.8 Å². The lowest BCUT2D eigenvalue weighted by molar-refractivity contribution is 0.324. The number of benzene rings is 1. The molecule has 0 radical (unpaired) electrons. The minimum atomic E-state index is -1.18. The molecule has 1 saturated heterocycles. The molecule has 0 saturated carbocycles. The van der Waals surface area contributed by atoms with Gasteiger partial charge < -0.3 is 9.64 Å². The third-order valence-electron chi connectivity index (χ3n) is 5.14. The summed E-state index contributed by atoms with van der Waals surface area (Å²) in [6.45, 7) is 2.95. The van der Waals surface area contributed by atoms with Gasteiger partial charge in [0.25, 0.3) is 0 Å². The zero-order valence-electron chi connectivity index (χ0n) is 15.3. The maximum atomic E-state index is 9.92. The molecule has 1 fully saturated rings. The molecule has 0 aliphatic carbocycles. The molecule has 0 bridgehead atoms. The van der Waals surface area contributed by atoms with E-state index in [0.717, 1.165) is 22.7 Å². The monoisotopic (exact) mass is 387 g/mol. The van der Waals surface area contributed by atoms with E-state index >= 15 is 0 Å². The van der Waals surface area contributed by atoms with Crippen LogP contribution in [0.25, 0.3) is 11.1 Å². The van der Waals surface area contributed by atoms with Crippen LogP contribution in [0.5, 0.6) is 5.88 Å².